The van der Waals surface area contributed by atoms with Gasteiger partial charge in [0.25, 0.3) is 0 Å². The predicted molar refractivity (Wildman–Crippen MR) is 176 cm³/mol. The second-order valence-electron chi connectivity index (χ2n) is 9.73. The van der Waals surface area contributed by atoms with Crippen LogP contribution in [0.25, 0.3) is 52.8 Å². The molecule has 0 aliphatic carbocycles. The van der Waals surface area contributed by atoms with E-state index in [0.717, 1.165) is 58.4 Å². The third-order valence-electron chi connectivity index (χ3n) is 6.87. The lowest BCUT2D eigenvalue weighted by Crippen LogP contribution is -2.09. The predicted octanol–water partition coefficient (Wildman–Crippen LogP) is 10.2. The molecule has 42 heavy (non-hydrogen) atoms. The quantitative estimate of drug-likeness (QED) is 0.166. The molecule has 4 nitrogen and oxygen atoms in total. The molecule has 0 saturated heterocycles. The third-order valence-corrected chi connectivity index (χ3v) is 11.4. The minimum atomic E-state index is -4.07. The summed E-state index contributed by atoms with van der Waals surface area (Å²) in [5.41, 5.74) is 5.54. The molecule has 0 atom stereocenters. The third kappa shape index (κ3) is 5.07. The van der Waals surface area contributed by atoms with E-state index in [1.807, 2.05) is 73.7 Å². The van der Waals surface area contributed by atoms with Crippen LogP contribution in [0.2, 0.25) is 0 Å². The SMILES string of the molecule is Cc1ccc(S(=O)(=O)Oc2sc(-c3ccccc3)cc2-c2c(-c3csc(-c4ccccc4)n3)sc3ccccc23)cc1. The number of aryl methyl sites for hydroxylation is 1. The van der Waals surface area contributed by atoms with Gasteiger partial charge in [-0.2, -0.15) is 8.42 Å². The van der Waals surface area contributed by atoms with Gasteiger partial charge in [0.2, 0.25) is 5.06 Å². The number of thiazole rings is 1. The number of benzene rings is 4. The number of hydrogen-bond donors (Lipinski definition) is 0. The number of rotatable bonds is 7. The van der Waals surface area contributed by atoms with E-state index in [-0.39, 0.29) is 4.90 Å². The summed E-state index contributed by atoms with van der Waals surface area (Å²) >= 11 is 4.59. The monoisotopic (exact) mass is 621 g/mol. The molecule has 0 aliphatic heterocycles. The van der Waals surface area contributed by atoms with Crippen molar-refractivity contribution < 1.29 is 12.6 Å². The minimum absolute atomic E-state index is 0.121. The number of aromatic nitrogens is 1. The van der Waals surface area contributed by atoms with Gasteiger partial charge in [0.05, 0.1) is 10.6 Å². The molecule has 0 fully saturated rings. The Labute approximate surface area is 256 Å². The Balaban J connectivity index is 1.42. The highest BCUT2D eigenvalue weighted by Crippen LogP contribution is 2.52. The average molecular weight is 622 g/mol. The average Bonchev–Trinajstić information content (AvgIpc) is 3.75. The lowest BCUT2D eigenvalue weighted by Gasteiger charge is -2.09. The molecule has 206 valence electrons. The molecule has 0 aliphatic rings. The van der Waals surface area contributed by atoms with Crippen molar-refractivity contribution in [2.24, 2.45) is 0 Å². The van der Waals surface area contributed by atoms with Gasteiger partial charge in [-0.3, -0.25) is 0 Å². The number of nitrogens with zero attached hydrogens (tertiary/aromatic N) is 1. The molecule has 0 saturated carbocycles. The smallest absolute Gasteiger partial charge is 0.340 e. The highest BCUT2D eigenvalue weighted by atomic mass is 32.2. The standard InChI is InChI=1S/C34H23NO3S4/c1-22-16-18-25(19-17-22)42(36,37)38-34-27(20-30(41-34)23-10-4-2-5-11-23)31-26-14-8-9-15-29(26)40-32(31)28-21-39-33(35-28)24-12-6-3-7-13-24/h2-21H,1H3. The molecule has 0 radical (unpaired) electrons. The highest BCUT2D eigenvalue weighted by molar-refractivity contribution is 7.87. The van der Waals surface area contributed by atoms with Gasteiger partial charge >= 0.3 is 10.1 Å². The van der Waals surface area contributed by atoms with Crippen LogP contribution in [-0.4, -0.2) is 13.4 Å². The number of fused-ring (bicyclic) bond motifs is 1. The van der Waals surface area contributed by atoms with Crippen molar-refractivity contribution in [3.8, 4) is 47.8 Å². The van der Waals surface area contributed by atoms with Gasteiger partial charge < -0.3 is 4.18 Å². The fourth-order valence-corrected chi connectivity index (χ4v) is 9.02. The first-order valence-corrected chi connectivity index (χ1v) is 17.1. The normalized spacial score (nSPS) is 11.6. The first-order chi connectivity index (χ1) is 20.5. The molecular weight excluding hydrogens is 599 g/mol. The second kappa shape index (κ2) is 11.0. The molecule has 0 bridgehead atoms. The molecule has 0 spiro atoms. The minimum Gasteiger partial charge on any atom is -0.367 e. The fourth-order valence-electron chi connectivity index (χ4n) is 4.79. The maximum atomic E-state index is 13.5. The Kier molecular flexibility index (Phi) is 6.99. The van der Waals surface area contributed by atoms with E-state index < -0.39 is 10.1 Å². The zero-order valence-electron chi connectivity index (χ0n) is 22.4. The van der Waals surface area contributed by atoms with Gasteiger partial charge in [0, 0.05) is 37.0 Å². The van der Waals surface area contributed by atoms with Crippen LogP contribution in [0.3, 0.4) is 0 Å². The molecule has 8 heteroatoms. The van der Waals surface area contributed by atoms with Crippen LogP contribution < -0.4 is 4.18 Å². The summed E-state index contributed by atoms with van der Waals surface area (Å²) in [5, 5.41) is 4.37. The van der Waals surface area contributed by atoms with E-state index >= 15 is 0 Å². The zero-order valence-corrected chi connectivity index (χ0v) is 25.6. The summed E-state index contributed by atoms with van der Waals surface area (Å²) in [6.45, 7) is 1.92. The van der Waals surface area contributed by atoms with Gasteiger partial charge in [0.15, 0.2) is 0 Å². The fraction of sp³-hybridized carbons (Fsp3) is 0.0294. The topological polar surface area (TPSA) is 56.3 Å². The molecular formula is C34H23NO3S4. The maximum Gasteiger partial charge on any atom is 0.340 e. The van der Waals surface area contributed by atoms with E-state index in [9.17, 15) is 8.42 Å². The van der Waals surface area contributed by atoms with Crippen molar-refractivity contribution in [3.63, 3.8) is 0 Å². The summed E-state index contributed by atoms with van der Waals surface area (Å²) < 4.78 is 34.1. The van der Waals surface area contributed by atoms with Crippen LogP contribution in [0, 0.1) is 6.92 Å². The summed E-state index contributed by atoms with van der Waals surface area (Å²) in [6.07, 6.45) is 0. The number of thiophene rings is 2. The largest absolute Gasteiger partial charge is 0.367 e. The van der Waals surface area contributed by atoms with Crippen LogP contribution in [0.4, 0.5) is 0 Å². The van der Waals surface area contributed by atoms with E-state index in [1.54, 1.807) is 46.9 Å². The molecule has 7 aromatic rings. The first kappa shape index (κ1) is 26.8. The summed E-state index contributed by atoms with van der Waals surface area (Å²) in [6, 6.07) is 37.0. The second-order valence-corrected chi connectivity index (χ2v) is 14.2. The van der Waals surface area contributed by atoms with Gasteiger partial charge in [-0.1, -0.05) is 108 Å². The Bertz CT molecular complexity index is 2130. The summed E-state index contributed by atoms with van der Waals surface area (Å²) in [4.78, 5) is 7.05. The van der Waals surface area contributed by atoms with E-state index in [4.69, 9.17) is 9.17 Å². The number of hydrogen-bond acceptors (Lipinski definition) is 7. The summed E-state index contributed by atoms with van der Waals surface area (Å²) in [7, 11) is -4.07. The molecule has 0 amide bonds. The van der Waals surface area contributed by atoms with Crippen LogP contribution in [0.1, 0.15) is 5.56 Å². The Morgan fingerprint density at radius 2 is 1.40 bits per heavy atom. The summed E-state index contributed by atoms with van der Waals surface area (Å²) in [5.74, 6) is 0. The first-order valence-electron chi connectivity index (χ1n) is 13.2. The van der Waals surface area contributed by atoms with E-state index in [0.29, 0.717) is 5.06 Å². The molecule has 0 unspecified atom stereocenters. The molecule has 0 N–H and O–H groups in total. The van der Waals surface area contributed by atoms with Gasteiger partial charge in [-0.25, -0.2) is 4.98 Å². The highest BCUT2D eigenvalue weighted by Gasteiger charge is 2.27. The Hall–Kier alpha value is -4.08. The van der Waals surface area contributed by atoms with Crippen molar-refractivity contribution in [1.82, 2.24) is 4.98 Å². The molecule has 7 rings (SSSR count). The Morgan fingerprint density at radius 1 is 0.738 bits per heavy atom. The van der Waals surface area contributed by atoms with Crippen molar-refractivity contribution in [1.29, 1.82) is 0 Å². The lowest BCUT2D eigenvalue weighted by molar-refractivity contribution is 0.493. The van der Waals surface area contributed by atoms with Crippen LogP contribution in [0.15, 0.2) is 126 Å². The van der Waals surface area contributed by atoms with Crippen molar-refractivity contribution in [2.75, 3.05) is 0 Å². The molecule has 4 aromatic carbocycles. The van der Waals surface area contributed by atoms with Gasteiger partial charge in [-0.15, -0.1) is 22.7 Å². The van der Waals surface area contributed by atoms with E-state index in [1.165, 1.54) is 11.3 Å². The molecule has 3 heterocycles. The maximum absolute atomic E-state index is 13.5. The van der Waals surface area contributed by atoms with Crippen LogP contribution >= 0.6 is 34.0 Å². The van der Waals surface area contributed by atoms with E-state index in [2.05, 4.69) is 29.6 Å². The van der Waals surface area contributed by atoms with Gasteiger partial charge in [-0.05, 0) is 36.8 Å². The molecule has 3 aromatic heterocycles. The Morgan fingerprint density at radius 3 is 2.14 bits per heavy atom. The lowest BCUT2D eigenvalue weighted by atomic mass is 10.0. The van der Waals surface area contributed by atoms with Crippen molar-refractivity contribution in [2.45, 2.75) is 11.8 Å². The van der Waals surface area contributed by atoms with Crippen molar-refractivity contribution >= 4 is 54.2 Å². The van der Waals surface area contributed by atoms with Crippen LogP contribution in [0.5, 0.6) is 5.06 Å². The van der Waals surface area contributed by atoms with Gasteiger partial charge in [0.1, 0.15) is 9.90 Å². The van der Waals surface area contributed by atoms with Crippen LogP contribution in [-0.2, 0) is 10.1 Å². The zero-order chi connectivity index (χ0) is 28.7. The van der Waals surface area contributed by atoms with Crippen molar-refractivity contribution in [3.05, 3.63) is 126 Å².